The van der Waals surface area contributed by atoms with Gasteiger partial charge in [0.05, 0.1) is 0 Å². The molecule has 0 spiro atoms. The molecule has 0 bridgehead atoms. The third kappa shape index (κ3) is 2.28. The van der Waals surface area contributed by atoms with Crippen LogP contribution in [-0.4, -0.2) is 23.0 Å². The van der Waals surface area contributed by atoms with Gasteiger partial charge in [-0.2, -0.15) is 0 Å². The molecule has 64 valence electrons. The summed E-state index contributed by atoms with van der Waals surface area (Å²) < 4.78 is 4.81. The second-order valence-corrected chi connectivity index (χ2v) is 2.06. The van der Waals surface area contributed by atoms with Gasteiger partial charge >= 0.3 is 6.01 Å². The van der Waals surface area contributed by atoms with Gasteiger partial charge in [0.15, 0.2) is 0 Å². The van der Waals surface area contributed by atoms with Crippen LogP contribution in [0.25, 0.3) is 0 Å². The first kappa shape index (κ1) is 8.61. The van der Waals surface area contributed by atoms with Crippen molar-refractivity contribution in [3.63, 3.8) is 0 Å². The summed E-state index contributed by atoms with van der Waals surface area (Å²) in [6.45, 7) is 0.0486. The molecule has 0 aliphatic carbocycles. The minimum atomic E-state index is 0.0486. The van der Waals surface area contributed by atoms with E-state index >= 15 is 0 Å². The van der Waals surface area contributed by atoms with Gasteiger partial charge in [-0.05, 0) is 5.56 Å². The lowest BCUT2D eigenvalue weighted by Crippen LogP contribution is -2.09. The first-order valence-corrected chi connectivity index (χ1v) is 3.44. The SMILES string of the molecule is NCOc1ncc(CC=O)cn1. The summed E-state index contributed by atoms with van der Waals surface area (Å²) in [6, 6.07) is 0.229. The molecule has 0 atom stereocenters. The Morgan fingerprint density at radius 1 is 1.50 bits per heavy atom. The van der Waals surface area contributed by atoms with Gasteiger partial charge in [-0.1, -0.05) is 0 Å². The number of carbonyl (C=O) groups is 1. The van der Waals surface area contributed by atoms with Crippen molar-refractivity contribution in [2.24, 2.45) is 5.73 Å². The Labute approximate surface area is 69.6 Å². The topological polar surface area (TPSA) is 78.1 Å². The molecule has 0 amide bonds. The predicted molar refractivity (Wildman–Crippen MR) is 41.5 cm³/mol. The molecule has 2 N–H and O–H groups in total. The maximum atomic E-state index is 10.1. The van der Waals surface area contributed by atoms with Crippen LogP contribution >= 0.6 is 0 Å². The average Bonchev–Trinajstić information content (AvgIpc) is 2.09. The van der Waals surface area contributed by atoms with Crippen LogP contribution in [0.3, 0.4) is 0 Å². The van der Waals surface area contributed by atoms with Crippen molar-refractivity contribution < 1.29 is 9.53 Å². The van der Waals surface area contributed by atoms with Crippen molar-refractivity contribution in [1.29, 1.82) is 0 Å². The second-order valence-electron chi connectivity index (χ2n) is 2.06. The fourth-order valence-corrected chi connectivity index (χ4v) is 0.694. The first-order valence-electron chi connectivity index (χ1n) is 3.44. The smallest absolute Gasteiger partial charge is 0.317 e. The average molecular weight is 167 g/mol. The van der Waals surface area contributed by atoms with E-state index in [-0.39, 0.29) is 12.7 Å². The number of rotatable bonds is 4. The van der Waals surface area contributed by atoms with Crippen LogP contribution in [0.2, 0.25) is 0 Å². The number of aromatic nitrogens is 2. The summed E-state index contributed by atoms with van der Waals surface area (Å²) in [5.74, 6) is 0. The molecule has 1 aromatic heterocycles. The Hall–Kier alpha value is -1.49. The normalized spacial score (nSPS) is 9.42. The lowest BCUT2D eigenvalue weighted by atomic mass is 10.3. The van der Waals surface area contributed by atoms with E-state index in [4.69, 9.17) is 10.5 Å². The summed E-state index contributed by atoms with van der Waals surface area (Å²) in [5, 5.41) is 0. The van der Waals surface area contributed by atoms with Gasteiger partial charge in [-0.3, -0.25) is 5.73 Å². The van der Waals surface area contributed by atoms with E-state index in [1.165, 1.54) is 12.4 Å². The molecule has 0 aliphatic heterocycles. The number of nitrogens with two attached hydrogens (primary N) is 1. The summed E-state index contributed by atoms with van der Waals surface area (Å²) in [4.78, 5) is 17.7. The zero-order chi connectivity index (χ0) is 8.81. The predicted octanol–water partition coefficient (Wildman–Crippen LogP) is -0.487. The van der Waals surface area contributed by atoms with E-state index in [0.29, 0.717) is 6.42 Å². The van der Waals surface area contributed by atoms with Crippen molar-refractivity contribution in [3.05, 3.63) is 18.0 Å². The standard InChI is InChI=1S/C7H9N3O2/c8-5-12-7-9-3-6(1-2-11)4-10-7/h2-4H,1,5,8H2. The Morgan fingerprint density at radius 2 is 2.17 bits per heavy atom. The first-order chi connectivity index (χ1) is 5.86. The van der Waals surface area contributed by atoms with E-state index in [1.54, 1.807) is 0 Å². The molecule has 1 heterocycles. The summed E-state index contributed by atoms with van der Waals surface area (Å²) in [6.07, 6.45) is 4.18. The highest BCUT2D eigenvalue weighted by molar-refractivity contribution is 5.54. The van der Waals surface area contributed by atoms with E-state index in [0.717, 1.165) is 11.8 Å². The van der Waals surface area contributed by atoms with Crippen LogP contribution in [0, 0.1) is 0 Å². The van der Waals surface area contributed by atoms with Gasteiger partial charge < -0.3 is 9.53 Å². The fourth-order valence-electron chi connectivity index (χ4n) is 0.694. The largest absolute Gasteiger partial charge is 0.448 e. The maximum absolute atomic E-state index is 10.1. The Morgan fingerprint density at radius 3 is 2.67 bits per heavy atom. The summed E-state index contributed by atoms with van der Waals surface area (Å²) in [7, 11) is 0. The van der Waals surface area contributed by atoms with Crippen LogP contribution in [-0.2, 0) is 11.2 Å². The number of nitrogens with zero attached hydrogens (tertiary/aromatic N) is 2. The van der Waals surface area contributed by atoms with Gasteiger partial charge in [0, 0.05) is 18.8 Å². The summed E-state index contributed by atoms with van der Waals surface area (Å²) in [5.41, 5.74) is 5.86. The Bertz CT molecular complexity index is 247. The van der Waals surface area contributed by atoms with Gasteiger partial charge in [0.25, 0.3) is 0 Å². The Kier molecular flexibility index (Phi) is 3.16. The highest BCUT2D eigenvalue weighted by atomic mass is 16.5. The van der Waals surface area contributed by atoms with Crippen molar-refractivity contribution in [2.75, 3.05) is 6.73 Å². The zero-order valence-electron chi connectivity index (χ0n) is 6.43. The van der Waals surface area contributed by atoms with Crippen molar-refractivity contribution in [2.45, 2.75) is 6.42 Å². The van der Waals surface area contributed by atoms with Crippen LogP contribution in [0.15, 0.2) is 12.4 Å². The third-order valence-corrected chi connectivity index (χ3v) is 1.21. The molecular formula is C7H9N3O2. The number of aldehydes is 1. The molecule has 0 saturated carbocycles. The molecule has 0 aromatic carbocycles. The van der Waals surface area contributed by atoms with Gasteiger partial charge in [0.1, 0.15) is 13.0 Å². The molecule has 1 rings (SSSR count). The number of carbonyl (C=O) groups excluding carboxylic acids is 1. The van der Waals surface area contributed by atoms with Crippen LogP contribution in [0.5, 0.6) is 6.01 Å². The van der Waals surface area contributed by atoms with Crippen LogP contribution in [0.1, 0.15) is 5.56 Å². The molecule has 5 heteroatoms. The quantitative estimate of drug-likeness (QED) is 0.483. The molecule has 0 fully saturated rings. The lowest BCUT2D eigenvalue weighted by Gasteiger charge is -1.99. The maximum Gasteiger partial charge on any atom is 0.317 e. The van der Waals surface area contributed by atoms with E-state index in [1.807, 2.05) is 0 Å². The van der Waals surface area contributed by atoms with Crippen molar-refractivity contribution in [3.8, 4) is 6.01 Å². The third-order valence-electron chi connectivity index (χ3n) is 1.21. The Balaban J connectivity index is 2.64. The molecule has 5 nitrogen and oxygen atoms in total. The molecule has 0 saturated heterocycles. The highest BCUT2D eigenvalue weighted by Gasteiger charge is 1.96. The molecule has 0 unspecified atom stereocenters. The minimum Gasteiger partial charge on any atom is -0.448 e. The lowest BCUT2D eigenvalue weighted by molar-refractivity contribution is -0.107. The van der Waals surface area contributed by atoms with Gasteiger partial charge in [0.2, 0.25) is 0 Å². The minimum absolute atomic E-state index is 0.0486. The molecular weight excluding hydrogens is 158 g/mol. The van der Waals surface area contributed by atoms with Gasteiger partial charge in [-0.25, -0.2) is 9.97 Å². The number of hydrogen-bond acceptors (Lipinski definition) is 5. The summed E-state index contributed by atoms with van der Waals surface area (Å²) >= 11 is 0. The van der Waals surface area contributed by atoms with Gasteiger partial charge in [-0.15, -0.1) is 0 Å². The second kappa shape index (κ2) is 4.40. The molecule has 12 heavy (non-hydrogen) atoms. The van der Waals surface area contributed by atoms with Crippen LogP contribution in [0.4, 0.5) is 0 Å². The van der Waals surface area contributed by atoms with E-state index < -0.39 is 0 Å². The van der Waals surface area contributed by atoms with Crippen molar-refractivity contribution in [1.82, 2.24) is 9.97 Å². The molecule has 0 radical (unpaired) electrons. The molecule has 0 aliphatic rings. The van der Waals surface area contributed by atoms with E-state index in [9.17, 15) is 4.79 Å². The molecule has 1 aromatic rings. The fraction of sp³-hybridized carbons (Fsp3) is 0.286. The van der Waals surface area contributed by atoms with Crippen LogP contribution < -0.4 is 10.5 Å². The number of hydrogen-bond donors (Lipinski definition) is 1. The zero-order valence-corrected chi connectivity index (χ0v) is 6.43. The highest BCUT2D eigenvalue weighted by Crippen LogP contribution is 2.01. The van der Waals surface area contributed by atoms with E-state index in [2.05, 4.69) is 9.97 Å². The van der Waals surface area contributed by atoms with Crippen molar-refractivity contribution >= 4 is 6.29 Å². The monoisotopic (exact) mass is 167 g/mol. The number of ether oxygens (including phenoxy) is 1.